The molecule has 1 fully saturated rings. The molecular formula is C16H22N2O6S. The van der Waals surface area contributed by atoms with Gasteiger partial charge in [-0.2, -0.15) is 0 Å². The minimum Gasteiger partial charge on any atom is -0.480 e. The minimum absolute atomic E-state index is 0.111. The van der Waals surface area contributed by atoms with Crippen LogP contribution in [0.1, 0.15) is 34.3 Å². The summed E-state index contributed by atoms with van der Waals surface area (Å²) >= 11 is 0. The van der Waals surface area contributed by atoms with Crippen molar-refractivity contribution in [3.63, 3.8) is 0 Å². The van der Waals surface area contributed by atoms with E-state index >= 15 is 0 Å². The second kappa shape index (κ2) is 7.51. The van der Waals surface area contributed by atoms with Crippen molar-refractivity contribution < 1.29 is 27.9 Å². The van der Waals surface area contributed by atoms with Crippen LogP contribution in [0.5, 0.6) is 0 Å². The Morgan fingerprint density at radius 3 is 2.40 bits per heavy atom. The molecule has 25 heavy (non-hydrogen) atoms. The molecule has 138 valence electrons. The maximum absolute atomic E-state index is 12.9. The van der Waals surface area contributed by atoms with Crippen molar-refractivity contribution in [2.45, 2.75) is 37.6 Å². The van der Waals surface area contributed by atoms with Crippen molar-refractivity contribution in [1.82, 2.24) is 4.90 Å². The summed E-state index contributed by atoms with van der Waals surface area (Å²) in [6.45, 7) is 3.72. The van der Waals surface area contributed by atoms with E-state index in [0.29, 0.717) is 37.2 Å². The number of aliphatic carboxylic acids is 1. The van der Waals surface area contributed by atoms with E-state index in [4.69, 9.17) is 15.0 Å². The third kappa shape index (κ3) is 4.56. The maximum Gasteiger partial charge on any atom is 0.323 e. The van der Waals surface area contributed by atoms with Gasteiger partial charge in [0.05, 0.1) is 4.90 Å². The lowest BCUT2D eigenvalue weighted by Crippen LogP contribution is -2.46. The van der Waals surface area contributed by atoms with Gasteiger partial charge < -0.3 is 14.7 Å². The van der Waals surface area contributed by atoms with Gasteiger partial charge in [-0.3, -0.25) is 9.59 Å². The fraction of sp³-hybridized carbons (Fsp3) is 0.500. The number of hydrogen-bond acceptors (Lipinski definition) is 5. The number of sulfonamides is 1. The van der Waals surface area contributed by atoms with Crippen LogP contribution in [0, 0.1) is 13.8 Å². The average molecular weight is 370 g/mol. The number of carbonyl (C=O) groups excluding carboxylic acids is 1. The molecule has 8 nitrogen and oxygen atoms in total. The first-order valence-corrected chi connectivity index (χ1v) is 9.40. The zero-order chi connectivity index (χ0) is 18.8. The number of carbonyl (C=O) groups is 2. The van der Waals surface area contributed by atoms with Crippen LogP contribution in [0.4, 0.5) is 0 Å². The highest BCUT2D eigenvalue weighted by atomic mass is 32.2. The van der Waals surface area contributed by atoms with E-state index in [1.54, 1.807) is 19.9 Å². The number of carboxylic acids is 1. The van der Waals surface area contributed by atoms with Gasteiger partial charge in [0.2, 0.25) is 10.0 Å². The van der Waals surface area contributed by atoms with Gasteiger partial charge in [-0.05, 0) is 49.9 Å². The number of ether oxygens (including phenoxy) is 1. The summed E-state index contributed by atoms with van der Waals surface area (Å²) in [6, 6.07) is 2.51. The Morgan fingerprint density at radius 1 is 1.28 bits per heavy atom. The summed E-state index contributed by atoms with van der Waals surface area (Å²) in [5, 5.41) is 14.4. The van der Waals surface area contributed by atoms with Gasteiger partial charge in [0.1, 0.15) is 6.54 Å². The molecular weight excluding hydrogens is 348 g/mol. The fourth-order valence-electron chi connectivity index (χ4n) is 2.92. The maximum atomic E-state index is 12.9. The number of carboxylic acid groups (broad SMARTS) is 1. The summed E-state index contributed by atoms with van der Waals surface area (Å²) in [5.74, 6) is -1.65. The summed E-state index contributed by atoms with van der Waals surface area (Å²) < 4.78 is 28.8. The summed E-state index contributed by atoms with van der Waals surface area (Å²) in [5.41, 5.74) is 1.17. The second-order valence-corrected chi connectivity index (χ2v) is 7.66. The molecule has 1 heterocycles. The molecule has 1 aromatic carbocycles. The van der Waals surface area contributed by atoms with Crippen LogP contribution in [0.25, 0.3) is 0 Å². The highest BCUT2D eigenvalue weighted by Crippen LogP contribution is 2.23. The standard InChI is InChI=1S/C16H22N2O6S/c1-10-7-12(8-14(11(10)2)25(17,22)23)16(21)18(9-15(19)20)13-3-5-24-6-4-13/h7-8,13H,3-6,9H2,1-2H3,(H,19,20)(H2,17,22,23). The number of nitrogens with two attached hydrogens (primary N) is 1. The molecule has 1 amide bonds. The number of amides is 1. The first kappa shape index (κ1) is 19.4. The Hall–Kier alpha value is -1.97. The molecule has 0 aliphatic carbocycles. The Labute approximate surface area is 146 Å². The quantitative estimate of drug-likeness (QED) is 0.784. The molecule has 1 saturated heterocycles. The predicted molar refractivity (Wildman–Crippen MR) is 89.8 cm³/mol. The van der Waals surface area contributed by atoms with Crippen molar-refractivity contribution in [1.29, 1.82) is 0 Å². The van der Waals surface area contributed by atoms with E-state index in [1.165, 1.54) is 11.0 Å². The highest BCUT2D eigenvalue weighted by molar-refractivity contribution is 7.89. The van der Waals surface area contributed by atoms with Crippen LogP contribution in [-0.4, -0.2) is 56.1 Å². The topological polar surface area (TPSA) is 127 Å². The SMILES string of the molecule is Cc1cc(C(=O)N(CC(=O)O)C2CCOCC2)cc(S(N)(=O)=O)c1C. The van der Waals surface area contributed by atoms with E-state index in [-0.39, 0.29) is 16.5 Å². The Bertz CT molecular complexity index is 784. The fourth-order valence-corrected chi connectivity index (χ4v) is 3.80. The van der Waals surface area contributed by atoms with E-state index in [1.807, 2.05) is 0 Å². The third-order valence-corrected chi connectivity index (χ3v) is 5.41. The third-order valence-electron chi connectivity index (χ3n) is 4.37. The molecule has 0 unspecified atom stereocenters. The Morgan fingerprint density at radius 2 is 1.88 bits per heavy atom. The highest BCUT2D eigenvalue weighted by Gasteiger charge is 2.29. The van der Waals surface area contributed by atoms with Crippen LogP contribution in [0.3, 0.4) is 0 Å². The lowest BCUT2D eigenvalue weighted by Gasteiger charge is -2.33. The van der Waals surface area contributed by atoms with Crippen LogP contribution in [-0.2, 0) is 19.6 Å². The number of benzene rings is 1. The molecule has 9 heteroatoms. The Kier molecular flexibility index (Phi) is 5.81. The number of primary sulfonamides is 1. The minimum atomic E-state index is -3.99. The summed E-state index contributed by atoms with van der Waals surface area (Å²) in [4.78, 5) is 25.2. The second-order valence-electron chi connectivity index (χ2n) is 6.13. The number of nitrogens with zero attached hydrogens (tertiary/aromatic N) is 1. The smallest absolute Gasteiger partial charge is 0.323 e. The summed E-state index contributed by atoms with van der Waals surface area (Å²) in [7, 11) is -3.99. The number of aryl methyl sites for hydroxylation is 1. The van der Waals surface area contributed by atoms with E-state index in [2.05, 4.69) is 0 Å². The predicted octanol–water partition coefficient (Wildman–Crippen LogP) is 0.657. The number of rotatable bonds is 5. The molecule has 2 rings (SSSR count). The molecule has 0 spiro atoms. The van der Waals surface area contributed by atoms with Gasteiger partial charge in [-0.25, -0.2) is 13.6 Å². The van der Waals surface area contributed by atoms with E-state index in [9.17, 15) is 18.0 Å². The normalized spacial score (nSPS) is 15.8. The monoisotopic (exact) mass is 370 g/mol. The molecule has 0 aromatic heterocycles. The van der Waals surface area contributed by atoms with Crippen LogP contribution in [0.2, 0.25) is 0 Å². The first-order valence-electron chi connectivity index (χ1n) is 7.86. The molecule has 0 saturated carbocycles. The lowest BCUT2D eigenvalue weighted by atomic mass is 10.0. The van der Waals surface area contributed by atoms with Gasteiger partial charge in [-0.1, -0.05) is 0 Å². The zero-order valence-corrected chi connectivity index (χ0v) is 15.0. The zero-order valence-electron chi connectivity index (χ0n) is 14.2. The molecule has 1 aliphatic rings. The van der Waals surface area contributed by atoms with Gasteiger partial charge >= 0.3 is 5.97 Å². The van der Waals surface area contributed by atoms with Gasteiger partial charge in [0.25, 0.3) is 5.91 Å². The molecule has 0 atom stereocenters. The van der Waals surface area contributed by atoms with E-state index in [0.717, 1.165) is 0 Å². The van der Waals surface area contributed by atoms with Crippen molar-refractivity contribution in [2.75, 3.05) is 19.8 Å². The van der Waals surface area contributed by atoms with Crippen molar-refractivity contribution in [3.8, 4) is 0 Å². The lowest BCUT2D eigenvalue weighted by molar-refractivity contribution is -0.138. The van der Waals surface area contributed by atoms with Crippen molar-refractivity contribution in [2.24, 2.45) is 5.14 Å². The van der Waals surface area contributed by atoms with Crippen LogP contribution < -0.4 is 5.14 Å². The molecule has 1 aromatic rings. The van der Waals surface area contributed by atoms with Crippen LogP contribution >= 0.6 is 0 Å². The molecule has 0 radical (unpaired) electrons. The largest absolute Gasteiger partial charge is 0.480 e. The van der Waals surface area contributed by atoms with Crippen molar-refractivity contribution >= 4 is 21.9 Å². The molecule has 1 aliphatic heterocycles. The average Bonchev–Trinajstić information content (AvgIpc) is 2.54. The van der Waals surface area contributed by atoms with Crippen LogP contribution in [0.15, 0.2) is 17.0 Å². The molecule has 3 N–H and O–H groups in total. The van der Waals surface area contributed by atoms with Gasteiger partial charge in [0, 0.05) is 24.8 Å². The summed E-state index contributed by atoms with van der Waals surface area (Å²) in [6.07, 6.45) is 1.07. The first-order chi connectivity index (χ1) is 11.6. The van der Waals surface area contributed by atoms with Gasteiger partial charge in [0.15, 0.2) is 0 Å². The van der Waals surface area contributed by atoms with Gasteiger partial charge in [-0.15, -0.1) is 0 Å². The number of hydrogen-bond donors (Lipinski definition) is 2. The van der Waals surface area contributed by atoms with Crippen molar-refractivity contribution in [3.05, 3.63) is 28.8 Å². The molecule has 0 bridgehead atoms. The van der Waals surface area contributed by atoms with E-state index < -0.39 is 28.4 Å². The Balaban J connectivity index is 2.44.